The van der Waals surface area contributed by atoms with E-state index >= 15 is 0 Å². The first-order chi connectivity index (χ1) is 29.1. The summed E-state index contributed by atoms with van der Waals surface area (Å²) in [4.78, 5) is 2.47. The van der Waals surface area contributed by atoms with E-state index in [0.717, 1.165) is 28.3 Å². The lowest BCUT2D eigenvalue weighted by atomic mass is 9.82. The molecule has 0 spiro atoms. The van der Waals surface area contributed by atoms with Crippen molar-refractivity contribution >= 4 is 38.9 Å². The molecule has 0 N–H and O–H groups in total. The molecule has 59 heavy (non-hydrogen) atoms. The molecule has 1 heterocycles. The average molecular weight is 755 g/mol. The SMILES string of the molecule is CC1(C)c2ccccc2-c2c(-c3ccccc3N(c3ccc(-n4c5ccccc5c5ccccc54)cc3)c3ccccc3-c3ccc(-c4ccccc4)cc3)cccc21. The van der Waals surface area contributed by atoms with Crippen LogP contribution < -0.4 is 4.90 Å². The lowest BCUT2D eigenvalue weighted by molar-refractivity contribution is 0.660. The van der Waals surface area contributed by atoms with Crippen molar-refractivity contribution in [2.75, 3.05) is 4.90 Å². The number of aromatic nitrogens is 1. The summed E-state index contributed by atoms with van der Waals surface area (Å²) >= 11 is 0. The highest BCUT2D eigenvalue weighted by atomic mass is 15.1. The standard InChI is InChI=1S/C57H42N2/c1-57(2)50-25-11-6-23-49(50)56-48(24-16-26-51(56)57)47-22-10-15-30-55(47)58(52-27-12-7-19-44(52)41-33-31-40(32-34-41)39-17-4-3-5-18-39)42-35-37-43(38-36-42)59-53-28-13-8-20-45(53)46-21-9-14-29-54(46)59/h3-38H,1-2H3. The summed E-state index contributed by atoms with van der Waals surface area (Å²) < 4.78 is 2.39. The summed E-state index contributed by atoms with van der Waals surface area (Å²) in [6.07, 6.45) is 0. The summed E-state index contributed by atoms with van der Waals surface area (Å²) in [5.41, 5.74) is 19.3. The Hall–Kier alpha value is -7.42. The van der Waals surface area contributed by atoms with Crippen LogP contribution in [0.1, 0.15) is 25.0 Å². The van der Waals surface area contributed by atoms with Crippen molar-refractivity contribution in [3.8, 4) is 50.2 Å². The molecule has 10 aromatic rings. The van der Waals surface area contributed by atoms with Gasteiger partial charge in [0.1, 0.15) is 0 Å². The maximum atomic E-state index is 2.47. The molecule has 1 aliphatic carbocycles. The zero-order valence-corrected chi connectivity index (χ0v) is 33.2. The van der Waals surface area contributed by atoms with Crippen molar-refractivity contribution < 1.29 is 0 Å². The Morgan fingerprint density at radius 1 is 0.356 bits per heavy atom. The largest absolute Gasteiger partial charge is 0.309 e. The summed E-state index contributed by atoms with van der Waals surface area (Å²) in [5, 5.41) is 2.52. The minimum atomic E-state index is -0.0995. The molecular weight excluding hydrogens is 713 g/mol. The summed E-state index contributed by atoms with van der Waals surface area (Å²) in [6, 6.07) is 79.8. The van der Waals surface area contributed by atoms with E-state index in [1.807, 2.05) is 0 Å². The van der Waals surface area contributed by atoms with Gasteiger partial charge in [0.25, 0.3) is 0 Å². The Labute approximate surface area is 345 Å². The van der Waals surface area contributed by atoms with Crippen LogP contribution in [0.15, 0.2) is 218 Å². The molecule has 2 nitrogen and oxygen atoms in total. The van der Waals surface area contributed by atoms with Gasteiger partial charge in [0.05, 0.1) is 22.4 Å². The maximum Gasteiger partial charge on any atom is 0.0541 e. The predicted molar refractivity (Wildman–Crippen MR) is 249 cm³/mol. The average Bonchev–Trinajstić information content (AvgIpc) is 3.76. The minimum Gasteiger partial charge on any atom is -0.309 e. The van der Waals surface area contributed by atoms with Gasteiger partial charge in [-0.25, -0.2) is 0 Å². The van der Waals surface area contributed by atoms with Gasteiger partial charge in [-0.15, -0.1) is 0 Å². The van der Waals surface area contributed by atoms with E-state index in [4.69, 9.17) is 0 Å². The molecule has 0 radical (unpaired) electrons. The molecule has 0 atom stereocenters. The Bertz CT molecular complexity index is 3120. The number of para-hydroxylation sites is 4. The first kappa shape index (κ1) is 34.8. The molecule has 0 aliphatic heterocycles. The molecule has 2 heteroatoms. The fourth-order valence-corrected chi connectivity index (χ4v) is 9.62. The zero-order valence-electron chi connectivity index (χ0n) is 33.2. The minimum absolute atomic E-state index is 0.0995. The molecule has 0 unspecified atom stereocenters. The van der Waals surface area contributed by atoms with Gasteiger partial charge >= 0.3 is 0 Å². The van der Waals surface area contributed by atoms with Gasteiger partial charge in [0.15, 0.2) is 0 Å². The topological polar surface area (TPSA) is 8.17 Å². The van der Waals surface area contributed by atoms with E-state index in [-0.39, 0.29) is 5.41 Å². The molecule has 0 saturated carbocycles. The Kier molecular flexibility index (Phi) is 8.20. The normalized spacial score (nSPS) is 12.7. The highest BCUT2D eigenvalue weighted by molar-refractivity contribution is 6.09. The van der Waals surface area contributed by atoms with Crippen LogP contribution in [0.2, 0.25) is 0 Å². The van der Waals surface area contributed by atoms with Crippen LogP contribution in [-0.4, -0.2) is 4.57 Å². The fourth-order valence-electron chi connectivity index (χ4n) is 9.62. The first-order valence-electron chi connectivity index (χ1n) is 20.5. The first-order valence-corrected chi connectivity index (χ1v) is 20.5. The number of hydrogen-bond donors (Lipinski definition) is 0. The van der Waals surface area contributed by atoms with Gasteiger partial charge in [-0.05, 0) is 93.0 Å². The van der Waals surface area contributed by atoms with E-state index in [9.17, 15) is 0 Å². The molecule has 1 aromatic heterocycles. The molecule has 0 bridgehead atoms. The second-order valence-corrected chi connectivity index (χ2v) is 16.1. The van der Waals surface area contributed by atoms with Crippen LogP contribution in [0.3, 0.4) is 0 Å². The van der Waals surface area contributed by atoms with Crippen LogP contribution >= 0.6 is 0 Å². The number of fused-ring (bicyclic) bond motifs is 6. The van der Waals surface area contributed by atoms with Crippen molar-refractivity contribution in [1.29, 1.82) is 0 Å². The van der Waals surface area contributed by atoms with Crippen LogP contribution in [0, 0.1) is 0 Å². The molecular formula is C57H42N2. The highest BCUT2D eigenvalue weighted by Gasteiger charge is 2.37. The van der Waals surface area contributed by atoms with E-state index in [1.54, 1.807) is 0 Å². The monoisotopic (exact) mass is 754 g/mol. The van der Waals surface area contributed by atoms with E-state index in [2.05, 4.69) is 242 Å². The molecule has 11 rings (SSSR count). The van der Waals surface area contributed by atoms with Crippen molar-refractivity contribution in [3.63, 3.8) is 0 Å². The molecule has 0 amide bonds. The van der Waals surface area contributed by atoms with E-state index in [1.165, 1.54) is 71.9 Å². The van der Waals surface area contributed by atoms with Gasteiger partial charge in [0, 0.05) is 38.7 Å². The number of benzene rings is 9. The second-order valence-electron chi connectivity index (χ2n) is 16.1. The van der Waals surface area contributed by atoms with Crippen LogP contribution in [0.4, 0.5) is 17.1 Å². The number of nitrogens with zero attached hydrogens (tertiary/aromatic N) is 2. The van der Waals surface area contributed by atoms with E-state index in [0.29, 0.717) is 0 Å². The van der Waals surface area contributed by atoms with Crippen LogP contribution in [0.25, 0.3) is 72.0 Å². The van der Waals surface area contributed by atoms with Crippen molar-refractivity contribution in [2.24, 2.45) is 0 Å². The third-order valence-electron chi connectivity index (χ3n) is 12.4. The van der Waals surface area contributed by atoms with Gasteiger partial charge in [-0.2, -0.15) is 0 Å². The Morgan fingerprint density at radius 2 is 0.847 bits per heavy atom. The molecule has 1 aliphatic rings. The van der Waals surface area contributed by atoms with Crippen molar-refractivity contribution in [2.45, 2.75) is 19.3 Å². The number of rotatable bonds is 7. The Morgan fingerprint density at radius 3 is 1.54 bits per heavy atom. The zero-order chi connectivity index (χ0) is 39.5. The maximum absolute atomic E-state index is 2.47. The van der Waals surface area contributed by atoms with Crippen LogP contribution in [-0.2, 0) is 5.41 Å². The van der Waals surface area contributed by atoms with Gasteiger partial charge in [-0.1, -0.05) is 184 Å². The summed E-state index contributed by atoms with van der Waals surface area (Å²) in [5.74, 6) is 0. The second kappa shape index (κ2) is 13.9. The quantitative estimate of drug-likeness (QED) is 0.157. The lowest BCUT2D eigenvalue weighted by Gasteiger charge is -2.30. The van der Waals surface area contributed by atoms with Crippen LogP contribution in [0.5, 0.6) is 0 Å². The van der Waals surface area contributed by atoms with Gasteiger partial charge < -0.3 is 9.47 Å². The third kappa shape index (κ3) is 5.63. The van der Waals surface area contributed by atoms with Gasteiger partial charge in [0.2, 0.25) is 0 Å². The number of hydrogen-bond acceptors (Lipinski definition) is 1. The van der Waals surface area contributed by atoms with Crippen molar-refractivity contribution in [1.82, 2.24) is 4.57 Å². The smallest absolute Gasteiger partial charge is 0.0541 e. The highest BCUT2D eigenvalue weighted by Crippen LogP contribution is 2.54. The molecule has 0 saturated heterocycles. The van der Waals surface area contributed by atoms with Gasteiger partial charge in [-0.3, -0.25) is 0 Å². The molecule has 280 valence electrons. The lowest BCUT2D eigenvalue weighted by Crippen LogP contribution is -2.15. The summed E-state index contributed by atoms with van der Waals surface area (Å²) in [6.45, 7) is 4.72. The van der Waals surface area contributed by atoms with E-state index < -0.39 is 0 Å². The van der Waals surface area contributed by atoms with Crippen molar-refractivity contribution in [3.05, 3.63) is 230 Å². The molecule has 0 fully saturated rings. The fraction of sp³-hybridized carbons (Fsp3) is 0.0526. The predicted octanol–water partition coefficient (Wildman–Crippen LogP) is 15.6. The summed E-state index contributed by atoms with van der Waals surface area (Å²) in [7, 11) is 0. The number of anilines is 3. The Balaban J connectivity index is 1.12. The molecule has 9 aromatic carbocycles. The third-order valence-corrected chi connectivity index (χ3v) is 12.4.